The van der Waals surface area contributed by atoms with Gasteiger partial charge >= 0.3 is 5.97 Å². The Hall–Kier alpha value is -0.720. The van der Waals surface area contributed by atoms with Gasteiger partial charge in [-0.05, 0) is 17.7 Å². The number of rotatable bonds is 6. The minimum Gasteiger partial charge on any atom is -0.469 e. The molecule has 1 aromatic carbocycles. The highest BCUT2D eigenvalue weighted by atomic mass is 35.7. The number of ether oxygens (including phenoxy) is 1. The molecular formula is C11H13ClO4S2. The molecule has 0 aliphatic carbocycles. The molecule has 0 saturated heterocycles. The summed E-state index contributed by atoms with van der Waals surface area (Å²) in [5.74, 6) is 1.00. The zero-order chi connectivity index (χ0) is 13.6. The van der Waals surface area contributed by atoms with Crippen molar-refractivity contribution in [2.45, 2.75) is 17.1 Å². The van der Waals surface area contributed by atoms with Crippen LogP contribution in [0.3, 0.4) is 0 Å². The van der Waals surface area contributed by atoms with Gasteiger partial charge < -0.3 is 4.74 Å². The van der Waals surface area contributed by atoms with E-state index in [0.29, 0.717) is 17.9 Å². The molecule has 18 heavy (non-hydrogen) atoms. The molecule has 100 valence electrons. The van der Waals surface area contributed by atoms with Crippen LogP contribution >= 0.6 is 22.4 Å². The van der Waals surface area contributed by atoms with Gasteiger partial charge in [-0.15, -0.1) is 0 Å². The molecular weight excluding hydrogens is 296 g/mol. The summed E-state index contributed by atoms with van der Waals surface area (Å²) in [6.45, 7) is 0. The number of thioether (sulfide) groups is 1. The van der Waals surface area contributed by atoms with Gasteiger partial charge in [-0.2, -0.15) is 11.8 Å². The Labute approximate surface area is 115 Å². The molecule has 0 atom stereocenters. The van der Waals surface area contributed by atoms with Crippen molar-refractivity contribution in [1.29, 1.82) is 0 Å². The SMILES string of the molecule is COC(=O)CCSCc1cccc(S(=O)(=O)Cl)c1. The van der Waals surface area contributed by atoms with Gasteiger partial charge in [0.05, 0.1) is 18.4 Å². The van der Waals surface area contributed by atoms with E-state index in [1.54, 1.807) is 6.07 Å². The quantitative estimate of drug-likeness (QED) is 0.459. The van der Waals surface area contributed by atoms with Crippen molar-refractivity contribution in [2.24, 2.45) is 0 Å². The second kappa shape index (κ2) is 7.01. The smallest absolute Gasteiger partial charge is 0.306 e. The van der Waals surface area contributed by atoms with Gasteiger partial charge in [0.25, 0.3) is 9.05 Å². The number of carbonyl (C=O) groups is 1. The van der Waals surface area contributed by atoms with Gasteiger partial charge in [0.1, 0.15) is 0 Å². The zero-order valence-corrected chi connectivity index (χ0v) is 12.1. The van der Waals surface area contributed by atoms with E-state index in [0.717, 1.165) is 5.56 Å². The predicted molar refractivity (Wildman–Crippen MR) is 72.3 cm³/mol. The number of halogens is 1. The minimum absolute atomic E-state index is 0.0928. The van der Waals surface area contributed by atoms with E-state index in [4.69, 9.17) is 10.7 Å². The van der Waals surface area contributed by atoms with E-state index >= 15 is 0 Å². The summed E-state index contributed by atoms with van der Waals surface area (Å²) in [6.07, 6.45) is 0.342. The standard InChI is InChI=1S/C11H13ClO4S2/c1-16-11(13)5-6-17-8-9-3-2-4-10(7-9)18(12,14)15/h2-4,7H,5-6,8H2,1H3. The largest absolute Gasteiger partial charge is 0.469 e. The first-order valence-corrected chi connectivity index (χ1v) is 8.58. The number of methoxy groups -OCH3 is 1. The summed E-state index contributed by atoms with van der Waals surface area (Å²) in [7, 11) is 2.92. The molecule has 0 aromatic heterocycles. The van der Waals surface area contributed by atoms with Gasteiger partial charge in [0, 0.05) is 22.2 Å². The maximum Gasteiger partial charge on any atom is 0.306 e. The lowest BCUT2D eigenvalue weighted by atomic mass is 10.2. The molecule has 0 bridgehead atoms. The van der Waals surface area contributed by atoms with E-state index in [2.05, 4.69) is 4.74 Å². The van der Waals surface area contributed by atoms with Crippen LogP contribution in [0.15, 0.2) is 29.2 Å². The third kappa shape index (κ3) is 5.29. The number of carbonyl (C=O) groups excluding carboxylic acids is 1. The highest BCUT2D eigenvalue weighted by Crippen LogP contribution is 2.19. The molecule has 0 aliphatic rings. The van der Waals surface area contributed by atoms with Crippen molar-refractivity contribution in [1.82, 2.24) is 0 Å². The molecule has 7 heteroatoms. The van der Waals surface area contributed by atoms with Gasteiger partial charge in [-0.25, -0.2) is 8.42 Å². The lowest BCUT2D eigenvalue weighted by Crippen LogP contribution is -2.01. The Morgan fingerprint density at radius 1 is 1.44 bits per heavy atom. The molecule has 0 aliphatic heterocycles. The van der Waals surface area contributed by atoms with Crippen LogP contribution in [0.25, 0.3) is 0 Å². The molecule has 0 amide bonds. The number of esters is 1. The van der Waals surface area contributed by atoms with Crippen molar-refractivity contribution in [3.8, 4) is 0 Å². The molecule has 0 heterocycles. The van der Waals surface area contributed by atoms with Crippen LogP contribution in [0, 0.1) is 0 Å². The third-order valence-corrected chi connectivity index (χ3v) is 4.51. The van der Waals surface area contributed by atoms with E-state index in [1.807, 2.05) is 6.07 Å². The average Bonchev–Trinajstić information content (AvgIpc) is 2.33. The number of hydrogen-bond donors (Lipinski definition) is 0. The van der Waals surface area contributed by atoms with E-state index in [1.165, 1.54) is 31.0 Å². The number of hydrogen-bond acceptors (Lipinski definition) is 5. The Balaban J connectivity index is 2.51. The maximum absolute atomic E-state index is 11.1. The van der Waals surface area contributed by atoms with Gasteiger partial charge in [0.15, 0.2) is 0 Å². The first-order valence-electron chi connectivity index (χ1n) is 5.11. The first kappa shape index (κ1) is 15.3. The fourth-order valence-electron chi connectivity index (χ4n) is 1.23. The summed E-state index contributed by atoms with van der Waals surface area (Å²) in [5, 5.41) is 0. The molecule has 0 N–H and O–H groups in total. The van der Waals surface area contributed by atoms with Gasteiger partial charge in [-0.1, -0.05) is 12.1 Å². The summed E-state index contributed by atoms with van der Waals surface area (Å²) < 4.78 is 26.8. The Kier molecular flexibility index (Phi) is 5.98. The fraction of sp³-hybridized carbons (Fsp3) is 0.364. The second-order valence-corrected chi connectivity index (χ2v) is 7.14. The van der Waals surface area contributed by atoms with Crippen molar-refractivity contribution in [3.05, 3.63) is 29.8 Å². The van der Waals surface area contributed by atoms with Crippen LogP contribution < -0.4 is 0 Å². The van der Waals surface area contributed by atoms with Crippen molar-refractivity contribution in [2.75, 3.05) is 12.9 Å². The fourth-order valence-corrected chi connectivity index (χ4v) is 2.93. The molecule has 0 saturated carbocycles. The van der Waals surface area contributed by atoms with Crippen LogP contribution in [0.1, 0.15) is 12.0 Å². The number of benzene rings is 1. The lowest BCUT2D eigenvalue weighted by molar-refractivity contribution is -0.140. The van der Waals surface area contributed by atoms with Crippen molar-refractivity contribution in [3.63, 3.8) is 0 Å². The summed E-state index contributed by atoms with van der Waals surface area (Å²) >= 11 is 1.53. The minimum atomic E-state index is -3.68. The van der Waals surface area contributed by atoms with E-state index in [9.17, 15) is 13.2 Å². The zero-order valence-electron chi connectivity index (χ0n) is 9.76. The normalized spacial score (nSPS) is 11.2. The molecule has 1 rings (SSSR count). The molecule has 4 nitrogen and oxygen atoms in total. The summed E-state index contributed by atoms with van der Waals surface area (Å²) in [6, 6.07) is 6.45. The van der Waals surface area contributed by atoms with Crippen molar-refractivity contribution < 1.29 is 17.9 Å². The molecule has 0 unspecified atom stereocenters. The van der Waals surface area contributed by atoms with Crippen molar-refractivity contribution >= 4 is 37.5 Å². The van der Waals surface area contributed by atoms with Crippen LogP contribution in [0.4, 0.5) is 0 Å². The average molecular weight is 309 g/mol. The molecule has 0 radical (unpaired) electrons. The first-order chi connectivity index (χ1) is 8.43. The maximum atomic E-state index is 11.1. The molecule has 1 aromatic rings. The molecule has 0 spiro atoms. The molecule has 0 fully saturated rings. The monoisotopic (exact) mass is 308 g/mol. The van der Waals surface area contributed by atoms with Crippen LogP contribution in [-0.2, 0) is 24.3 Å². The van der Waals surface area contributed by atoms with E-state index < -0.39 is 9.05 Å². The van der Waals surface area contributed by atoms with Crippen LogP contribution in [-0.4, -0.2) is 27.2 Å². The Morgan fingerprint density at radius 3 is 2.78 bits per heavy atom. The topological polar surface area (TPSA) is 60.4 Å². The van der Waals surface area contributed by atoms with Crippen LogP contribution in [0.5, 0.6) is 0 Å². The summed E-state index contributed by atoms with van der Waals surface area (Å²) in [4.78, 5) is 11.0. The van der Waals surface area contributed by atoms with E-state index in [-0.39, 0.29) is 10.9 Å². The highest BCUT2D eigenvalue weighted by molar-refractivity contribution is 8.13. The second-order valence-electron chi connectivity index (χ2n) is 3.46. The highest BCUT2D eigenvalue weighted by Gasteiger charge is 2.10. The van der Waals surface area contributed by atoms with Gasteiger partial charge in [-0.3, -0.25) is 4.79 Å². The van der Waals surface area contributed by atoms with Crippen LogP contribution in [0.2, 0.25) is 0 Å². The third-order valence-electron chi connectivity index (χ3n) is 2.13. The predicted octanol–water partition coefficient (Wildman–Crippen LogP) is 2.41. The summed E-state index contributed by atoms with van der Waals surface area (Å²) in [5.41, 5.74) is 0.853. The van der Waals surface area contributed by atoms with Gasteiger partial charge in [0.2, 0.25) is 0 Å². The lowest BCUT2D eigenvalue weighted by Gasteiger charge is -2.03. The Bertz CT molecular complexity index is 514. The Morgan fingerprint density at radius 2 is 2.17 bits per heavy atom.